The number of hydrogen-bond donors (Lipinski definition) is 3. The third kappa shape index (κ3) is 2.29. The lowest BCUT2D eigenvalue weighted by Crippen LogP contribution is -2.24. The Balaban J connectivity index is 3.10. The van der Waals surface area contributed by atoms with E-state index in [0.29, 0.717) is 11.1 Å². The molecule has 1 aromatic rings. The van der Waals surface area contributed by atoms with Crippen molar-refractivity contribution in [3.63, 3.8) is 0 Å². The van der Waals surface area contributed by atoms with Crippen molar-refractivity contribution in [3.8, 4) is 0 Å². The summed E-state index contributed by atoms with van der Waals surface area (Å²) >= 11 is 0. The van der Waals surface area contributed by atoms with Crippen molar-refractivity contribution < 1.29 is 14.6 Å². The molecule has 4 heteroatoms. The van der Waals surface area contributed by atoms with Crippen LogP contribution in [0.4, 0.5) is 4.39 Å². The van der Waals surface area contributed by atoms with Crippen LogP contribution in [0.2, 0.25) is 0 Å². The maximum atomic E-state index is 12.9. The first-order valence-corrected chi connectivity index (χ1v) is 4.39. The Hall–Kier alpha value is -0.970. The molecule has 3 nitrogen and oxygen atoms in total. The van der Waals surface area contributed by atoms with Crippen molar-refractivity contribution in [1.29, 1.82) is 0 Å². The highest BCUT2D eigenvalue weighted by Crippen LogP contribution is 2.20. The Morgan fingerprint density at radius 3 is 2.64 bits per heavy atom. The summed E-state index contributed by atoms with van der Waals surface area (Å²) in [6, 6.07) is 3.28. The topological polar surface area (TPSA) is 66.5 Å². The van der Waals surface area contributed by atoms with Gasteiger partial charge in [-0.3, -0.25) is 0 Å². The predicted molar refractivity (Wildman–Crippen MR) is 50.9 cm³/mol. The second-order valence-electron chi connectivity index (χ2n) is 3.27. The van der Waals surface area contributed by atoms with E-state index in [4.69, 9.17) is 10.8 Å². The van der Waals surface area contributed by atoms with Gasteiger partial charge < -0.3 is 15.9 Å². The SMILES string of the molecule is C[C@H](O)[C@H](N)c1cc(F)ccc1CO. The molecule has 0 radical (unpaired) electrons. The number of benzene rings is 1. The van der Waals surface area contributed by atoms with Crippen LogP contribution in [0.25, 0.3) is 0 Å². The smallest absolute Gasteiger partial charge is 0.123 e. The zero-order valence-electron chi connectivity index (χ0n) is 7.94. The molecule has 0 aliphatic carbocycles. The van der Waals surface area contributed by atoms with E-state index in [1.54, 1.807) is 0 Å². The van der Waals surface area contributed by atoms with Gasteiger partial charge in [0.25, 0.3) is 0 Å². The molecule has 1 aromatic carbocycles. The second kappa shape index (κ2) is 4.50. The Kier molecular flexibility index (Phi) is 3.57. The molecule has 0 fully saturated rings. The maximum absolute atomic E-state index is 12.9. The normalized spacial score (nSPS) is 15.2. The molecule has 0 heterocycles. The summed E-state index contributed by atoms with van der Waals surface area (Å²) in [5, 5.41) is 18.2. The van der Waals surface area contributed by atoms with Crippen LogP contribution in [0.3, 0.4) is 0 Å². The van der Waals surface area contributed by atoms with Crippen LogP contribution in [-0.4, -0.2) is 16.3 Å². The number of halogens is 1. The van der Waals surface area contributed by atoms with Gasteiger partial charge >= 0.3 is 0 Å². The molecule has 0 unspecified atom stereocenters. The number of hydrogen-bond acceptors (Lipinski definition) is 3. The summed E-state index contributed by atoms with van der Waals surface area (Å²) in [5.74, 6) is -0.423. The number of aliphatic hydroxyl groups excluding tert-OH is 2. The quantitative estimate of drug-likeness (QED) is 0.671. The molecule has 0 aromatic heterocycles. The summed E-state index contributed by atoms with van der Waals surface area (Å²) in [6.07, 6.45) is -0.776. The van der Waals surface area contributed by atoms with E-state index in [1.165, 1.54) is 25.1 Å². The minimum Gasteiger partial charge on any atom is -0.392 e. The van der Waals surface area contributed by atoms with Crippen molar-refractivity contribution in [3.05, 3.63) is 35.1 Å². The summed E-state index contributed by atoms with van der Waals surface area (Å²) < 4.78 is 12.9. The number of rotatable bonds is 3. The maximum Gasteiger partial charge on any atom is 0.123 e. The van der Waals surface area contributed by atoms with E-state index in [1.807, 2.05) is 0 Å². The molecule has 0 saturated carbocycles. The van der Waals surface area contributed by atoms with Gasteiger partial charge in [-0.2, -0.15) is 0 Å². The van der Waals surface area contributed by atoms with Gasteiger partial charge in [0.2, 0.25) is 0 Å². The summed E-state index contributed by atoms with van der Waals surface area (Å²) in [5.41, 5.74) is 6.64. The van der Waals surface area contributed by atoms with Gasteiger partial charge in [-0.25, -0.2) is 4.39 Å². The second-order valence-corrected chi connectivity index (χ2v) is 3.27. The van der Waals surface area contributed by atoms with Crippen LogP contribution < -0.4 is 5.73 Å². The van der Waals surface area contributed by atoms with Crippen molar-refractivity contribution in [2.24, 2.45) is 5.73 Å². The lowest BCUT2D eigenvalue weighted by molar-refractivity contribution is 0.162. The molecule has 14 heavy (non-hydrogen) atoms. The predicted octanol–water partition coefficient (Wildman–Crippen LogP) is 0.699. The molecule has 0 aliphatic rings. The minimum atomic E-state index is -0.776. The lowest BCUT2D eigenvalue weighted by atomic mass is 9.98. The zero-order chi connectivity index (χ0) is 10.7. The monoisotopic (exact) mass is 199 g/mol. The number of aliphatic hydroxyl groups is 2. The van der Waals surface area contributed by atoms with Gasteiger partial charge in [0.1, 0.15) is 5.82 Å². The van der Waals surface area contributed by atoms with Crippen molar-refractivity contribution in [1.82, 2.24) is 0 Å². The largest absolute Gasteiger partial charge is 0.392 e. The fourth-order valence-corrected chi connectivity index (χ4v) is 1.28. The Morgan fingerprint density at radius 2 is 2.14 bits per heavy atom. The molecule has 0 amide bonds. The van der Waals surface area contributed by atoms with Crippen molar-refractivity contribution >= 4 is 0 Å². The van der Waals surface area contributed by atoms with E-state index >= 15 is 0 Å². The first kappa shape index (κ1) is 11.1. The molecular formula is C10H14FNO2. The van der Waals surface area contributed by atoms with E-state index in [2.05, 4.69) is 0 Å². The minimum absolute atomic E-state index is 0.212. The van der Waals surface area contributed by atoms with E-state index < -0.39 is 18.0 Å². The first-order chi connectivity index (χ1) is 6.56. The Labute approximate surface area is 82.0 Å². The Morgan fingerprint density at radius 1 is 1.50 bits per heavy atom. The van der Waals surface area contributed by atoms with Gasteiger partial charge in [0.15, 0.2) is 0 Å². The Bertz CT molecular complexity index is 315. The standard InChI is InChI=1S/C10H14FNO2/c1-6(14)10(12)9-4-8(11)3-2-7(9)5-13/h2-4,6,10,13-14H,5,12H2,1H3/t6-,10-/m0/s1. The van der Waals surface area contributed by atoms with Gasteiger partial charge in [0, 0.05) is 0 Å². The highest BCUT2D eigenvalue weighted by atomic mass is 19.1. The van der Waals surface area contributed by atoms with Crippen LogP contribution in [0.5, 0.6) is 0 Å². The summed E-state index contributed by atoms with van der Waals surface area (Å²) in [4.78, 5) is 0. The van der Waals surface area contributed by atoms with E-state index in [0.717, 1.165) is 0 Å². The molecule has 0 spiro atoms. The fourth-order valence-electron chi connectivity index (χ4n) is 1.28. The number of nitrogens with two attached hydrogens (primary N) is 1. The van der Waals surface area contributed by atoms with Gasteiger partial charge in [-0.15, -0.1) is 0 Å². The molecule has 78 valence electrons. The average Bonchev–Trinajstić information content (AvgIpc) is 2.16. The molecule has 2 atom stereocenters. The van der Waals surface area contributed by atoms with Gasteiger partial charge in [-0.05, 0) is 30.2 Å². The summed E-state index contributed by atoms with van der Waals surface area (Å²) in [6.45, 7) is 1.31. The molecule has 0 saturated heterocycles. The van der Waals surface area contributed by atoms with Crippen LogP contribution in [0.15, 0.2) is 18.2 Å². The molecular weight excluding hydrogens is 185 g/mol. The zero-order valence-corrected chi connectivity index (χ0v) is 7.94. The van der Waals surface area contributed by atoms with E-state index in [9.17, 15) is 9.50 Å². The van der Waals surface area contributed by atoms with Crippen LogP contribution >= 0.6 is 0 Å². The first-order valence-electron chi connectivity index (χ1n) is 4.39. The molecule has 1 rings (SSSR count). The average molecular weight is 199 g/mol. The molecule has 0 bridgehead atoms. The van der Waals surface area contributed by atoms with Crippen molar-refractivity contribution in [2.45, 2.75) is 25.7 Å². The summed E-state index contributed by atoms with van der Waals surface area (Å²) in [7, 11) is 0. The highest BCUT2D eigenvalue weighted by molar-refractivity contribution is 5.30. The van der Waals surface area contributed by atoms with Crippen molar-refractivity contribution in [2.75, 3.05) is 0 Å². The van der Waals surface area contributed by atoms with E-state index in [-0.39, 0.29) is 6.61 Å². The fraction of sp³-hybridized carbons (Fsp3) is 0.400. The third-order valence-corrected chi connectivity index (χ3v) is 2.16. The van der Waals surface area contributed by atoms with Gasteiger partial charge in [-0.1, -0.05) is 6.07 Å². The van der Waals surface area contributed by atoms with Crippen LogP contribution in [0.1, 0.15) is 24.1 Å². The van der Waals surface area contributed by atoms with Crippen LogP contribution in [0, 0.1) is 5.82 Å². The lowest BCUT2D eigenvalue weighted by Gasteiger charge is -2.18. The highest BCUT2D eigenvalue weighted by Gasteiger charge is 2.16. The molecule has 0 aliphatic heterocycles. The molecule has 4 N–H and O–H groups in total. The van der Waals surface area contributed by atoms with Gasteiger partial charge in [0.05, 0.1) is 18.8 Å². The van der Waals surface area contributed by atoms with Crippen LogP contribution in [-0.2, 0) is 6.61 Å². The third-order valence-electron chi connectivity index (χ3n) is 2.16.